The highest BCUT2D eigenvalue weighted by molar-refractivity contribution is 9.10. The van der Waals surface area contributed by atoms with Gasteiger partial charge in [-0.15, -0.1) is 0 Å². The van der Waals surface area contributed by atoms with Crippen molar-refractivity contribution in [1.29, 1.82) is 0 Å². The van der Waals surface area contributed by atoms with Crippen molar-refractivity contribution in [3.8, 4) is 0 Å². The van der Waals surface area contributed by atoms with Crippen molar-refractivity contribution in [2.45, 2.75) is 13.8 Å². The molecule has 3 nitrogen and oxygen atoms in total. The van der Waals surface area contributed by atoms with Crippen LogP contribution in [0.25, 0.3) is 0 Å². The summed E-state index contributed by atoms with van der Waals surface area (Å²) in [6.45, 7) is 5.60. The van der Waals surface area contributed by atoms with Crippen molar-refractivity contribution in [2.24, 2.45) is 0 Å². The van der Waals surface area contributed by atoms with Crippen LogP contribution in [0.1, 0.15) is 13.8 Å². The fraction of sp³-hybridized carbons (Fsp3) is 0.214. The smallest absolute Gasteiger partial charge is 0.116 e. The first-order valence-corrected chi connectivity index (χ1v) is 19.5. The molecule has 0 amide bonds. The second kappa shape index (κ2) is 29.1. The molecule has 49 heavy (non-hydrogen) atoms. The zero-order valence-electron chi connectivity index (χ0n) is 29.7. The van der Waals surface area contributed by atoms with Crippen molar-refractivity contribution >= 4 is 61.3 Å². The standard InChI is InChI=1S/C22H25NP.2C6H5Br.C6H13N.C2H4O.BrH/c1-23(2)18-19-24(20-12-6-3-7-13-20,21-14-8-4-9-15-21)22-16-10-5-11-17-22;2*7-6-4-2-1-3-5-6;1-4-5-6-7(2)3;1-2-3;/h3-17H,18-19H2,1-2H3;2*1-5H;4-5H,6H2,1-3H3;2H,1H3;1H/q+1;;;;;/p-1/b;;;5-4+;;. The van der Waals surface area contributed by atoms with Gasteiger partial charge in [0.1, 0.15) is 29.5 Å². The Morgan fingerprint density at radius 1 is 0.531 bits per heavy atom. The van der Waals surface area contributed by atoms with Gasteiger partial charge in [0, 0.05) is 22.0 Å². The van der Waals surface area contributed by atoms with Crippen molar-refractivity contribution < 1.29 is 21.8 Å². The Balaban J connectivity index is 0.000000749. The van der Waals surface area contributed by atoms with Crippen LogP contribution >= 0.6 is 39.1 Å². The van der Waals surface area contributed by atoms with Gasteiger partial charge in [0.2, 0.25) is 0 Å². The molecule has 262 valence electrons. The number of carbonyl (C=O) groups is 1. The lowest BCUT2D eigenvalue weighted by Gasteiger charge is -2.28. The fourth-order valence-electron chi connectivity index (χ4n) is 4.38. The van der Waals surface area contributed by atoms with Crippen molar-refractivity contribution in [3.63, 3.8) is 0 Å². The predicted molar refractivity (Wildman–Crippen MR) is 222 cm³/mol. The van der Waals surface area contributed by atoms with Gasteiger partial charge in [0.25, 0.3) is 0 Å². The third kappa shape index (κ3) is 19.9. The lowest BCUT2D eigenvalue weighted by molar-refractivity contribution is -0.106. The Kier molecular flexibility index (Phi) is 27.5. The van der Waals surface area contributed by atoms with E-state index in [1.807, 2.05) is 67.6 Å². The van der Waals surface area contributed by atoms with Gasteiger partial charge in [-0.2, -0.15) is 0 Å². The van der Waals surface area contributed by atoms with Crippen LogP contribution in [-0.4, -0.2) is 63.5 Å². The second-order valence-corrected chi connectivity index (χ2v) is 16.4. The summed E-state index contributed by atoms with van der Waals surface area (Å²) in [7, 11) is 6.79. The van der Waals surface area contributed by atoms with Gasteiger partial charge in [-0.1, -0.05) is 135 Å². The van der Waals surface area contributed by atoms with E-state index >= 15 is 0 Å². The van der Waals surface area contributed by atoms with Crippen molar-refractivity contribution in [1.82, 2.24) is 9.80 Å². The number of nitrogens with zero attached hydrogens (tertiary/aromatic N) is 2. The monoisotopic (exact) mass is 868 g/mol. The van der Waals surface area contributed by atoms with E-state index < -0.39 is 7.26 Å². The normalized spacial score (nSPS) is 10.1. The van der Waals surface area contributed by atoms with Crippen LogP contribution in [0.15, 0.2) is 173 Å². The molecule has 7 heteroatoms. The molecule has 0 aliphatic carbocycles. The number of aldehydes is 1. The first kappa shape index (κ1) is 46.3. The van der Waals surface area contributed by atoms with Crippen LogP contribution in [0, 0.1) is 0 Å². The molecule has 0 radical (unpaired) electrons. The SMILES string of the molecule is Brc1ccccc1.Brc1ccccc1.C/C=C/CN(C)C.CC=O.CN(C)CC[P+](c1ccccc1)(c1ccccc1)c1ccccc1.[Br-]. The lowest BCUT2D eigenvalue weighted by Crippen LogP contribution is -3.00. The minimum Gasteiger partial charge on any atom is -1.00 e. The summed E-state index contributed by atoms with van der Waals surface area (Å²) in [4.78, 5) is 13.2. The summed E-state index contributed by atoms with van der Waals surface area (Å²) in [5.41, 5.74) is 0. The quantitative estimate of drug-likeness (QED) is 0.0978. The van der Waals surface area contributed by atoms with Gasteiger partial charge in [-0.05, 0) is 103 Å². The minimum atomic E-state index is -1.65. The van der Waals surface area contributed by atoms with Crippen LogP contribution in [0.4, 0.5) is 0 Å². The van der Waals surface area contributed by atoms with E-state index in [9.17, 15) is 0 Å². The first-order chi connectivity index (χ1) is 23.2. The molecule has 0 aliphatic heterocycles. The molecule has 0 aliphatic rings. The zero-order valence-corrected chi connectivity index (χ0v) is 35.3. The Morgan fingerprint density at radius 2 is 0.816 bits per heavy atom. The molecule has 0 aromatic heterocycles. The van der Waals surface area contributed by atoms with E-state index in [1.54, 1.807) is 0 Å². The average molecular weight is 872 g/mol. The number of halogens is 3. The number of hydrogen-bond donors (Lipinski definition) is 0. The largest absolute Gasteiger partial charge is 1.00 e. The summed E-state index contributed by atoms with van der Waals surface area (Å²) < 4.78 is 2.27. The molecule has 5 rings (SSSR count). The zero-order chi connectivity index (χ0) is 35.5. The lowest BCUT2D eigenvalue weighted by atomic mass is 10.4. The van der Waals surface area contributed by atoms with Crippen LogP contribution in [-0.2, 0) is 4.79 Å². The molecule has 5 aromatic carbocycles. The van der Waals surface area contributed by atoms with Gasteiger partial charge >= 0.3 is 0 Å². The molecule has 0 saturated heterocycles. The summed E-state index contributed by atoms with van der Waals surface area (Å²) in [5, 5.41) is 4.39. The number of hydrogen-bond acceptors (Lipinski definition) is 3. The molecule has 5 aromatic rings. The molecule has 0 heterocycles. The van der Waals surface area contributed by atoms with Gasteiger partial charge in [-0.3, -0.25) is 0 Å². The molecular weight excluding hydrogens is 819 g/mol. The molecule has 0 atom stereocenters. The van der Waals surface area contributed by atoms with Gasteiger partial charge in [-0.25, -0.2) is 0 Å². The van der Waals surface area contributed by atoms with Crippen LogP contribution in [0.3, 0.4) is 0 Å². The van der Waals surface area contributed by atoms with Gasteiger partial charge < -0.3 is 31.6 Å². The minimum absolute atomic E-state index is 0. The number of benzene rings is 5. The number of carbonyl (C=O) groups excluding carboxylic acids is 1. The van der Waals surface area contributed by atoms with Crippen LogP contribution in [0.5, 0.6) is 0 Å². The number of likely N-dealkylation sites (N-methyl/N-ethyl adjacent to an activating group) is 1. The van der Waals surface area contributed by atoms with Crippen molar-refractivity contribution in [3.05, 3.63) is 173 Å². The first-order valence-electron chi connectivity index (χ1n) is 16.0. The molecule has 0 N–H and O–H groups in total. The molecule has 0 spiro atoms. The molecule has 0 fully saturated rings. The third-order valence-electron chi connectivity index (χ3n) is 6.65. The maximum absolute atomic E-state index is 8.81. The summed E-state index contributed by atoms with van der Waals surface area (Å²) in [6.07, 6.45) is 6.08. The fourth-order valence-corrected chi connectivity index (χ4v) is 9.40. The van der Waals surface area contributed by atoms with E-state index in [-0.39, 0.29) is 17.0 Å². The van der Waals surface area contributed by atoms with E-state index in [0.29, 0.717) is 0 Å². The second-order valence-electron chi connectivity index (χ2n) is 11.0. The highest BCUT2D eigenvalue weighted by Crippen LogP contribution is 2.54. The summed E-state index contributed by atoms with van der Waals surface area (Å²) >= 11 is 6.62. The molecular formula is C42H52Br3N2OP. The summed E-state index contributed by atoms with van der Waals surface area (Å²) in [6, 6.07) is 53.2. The van der Waals surface area contributed by atoms with E-state index in [1.165, 1.54) is 22.8 Å². The predicted octanol–water partition coefficient (Wildman–Crippen LogP) is 6.77. The highest BCUT2D eigenvalue weighted by atomic mass is 79.9. The topological polar surface area (TPSA) is 23.6 Å². The van der Waals surface area contributed by atoms with Crippen molar-refractivity contribution in [2.75, 3.05) is 47.4 Å². The van der Waals surface area contributed by atoms with Gasteiger partial charge in [0.15, 0.2) is 0 Å². The molecule has 0 bridgehead atoms. The highest BCUT2D eigenvalue weighted by Gasteiger charge is 2.44. The van der Waals surface area contributed by atoms with Gasteiger partial charge in [0.05, 0.1) is 6.16 Å². The maximum atomic E-state index is 8.81. The Hall–Kier alpha value is -2.70. The van der Waals surface area contributed by atoms with E-state index in [0.717, 1.165) is 34.5 Å². The average Bonchev–Trinajstić information content (AvgIpc) is 3.11. The van der Waals surface area contributed by atoms with Crippen LogP contribution < -0.4 is 32.9 Å². The van der Waals surface area contributed by atoms with E-state index in [2.05, 4.69) is 173 Å². The number of rotatable bonds is 8. The maximum Gasteiger partial charge on any atom is 0.116 e. The number of allylic oxidation sites excluding steroid dienone is 1. The Labute approximate surface area is 324 Å². The third-order valence-corrected chi connectivity index (χ3v) is 12.1. The molecule has 0 unspecified atom stereocenters. The Morgan fingerprint density at radius 3 is 1.00 bits per heavy atom. The molecule has 0 saturated carbocycles. The van der Waals surface area contributed by atoms with E-state index in [4.69, 9.17) is 4.79 Å². The van der Waals surface area contributed by atoms with Crippen LogP contribution in [0.2, 0.25) is 0 Å². The summed E-state index contributed by atoms with van der Waals surface area (Å²) in [5.74, 6) is 0. The Bertz CT molecular complexity index is 1360.